The molecule has 0 radical (unpaired) electrons. The first kappa shape index (κ1) is 21.8. The summed E-state index contributed by atoms with van der Waals surface area (Å²) in [4.78, 5) is 28.4. The first-order valence-corrected chi connectivity index (χ1v) is 11.1. The summed E-state index contributed by atoms with van der Waals surface area (Å²) in [5.41, 5.74) is 2.13. The molecule has 1 aliphatic heterocycles. The average Bonchev–Trinajstić information content (AvgIpc) is 2.86. The Bertz CT molecular complexity index is 740. The van der Waals surface area contributed by atoms with Gasteiger partial charge < -0.3 is 10.2 Å². The summed E-state index contributed by atoms with van der Waals surface area (Å²) in [6.07, 6.45) is 3.50. The van der Waals surface area contributed by atoms with Crippen LogP contribution < -0.4 is 10.2 Å². The Morgan fingerprint density at radius 2 is 1.72 bits per heavy atom. The molecule has 1 spiro atoms. The molecule has 0 aromatic heterocycles. The van der Waals surface area contributed by atoms with Crippen LogP contribution in [0.5, 0.6) is 0 Å². The highest BCUT2D eigenvalue weighted by molar-refractivity contribution is 6.06. The number of nitrogens with one attached hydrogen (secondary N) is 2. The number of imide groups is 1. The van der Waals surface area contributed by atoms with Crippen LogP contribution in [0.2, 0.25) is 0 Å². The zero-order valence-electron chi connectivity index (χ0n) is 19.0. The molecule has 1 heterocycles. The lowest BCUT2D eigenvalue weighted by Crippen LogP contribution is -3.09. The maximum Gasteiger partial charge on any atom is 0.329 e. The molecule has 5 heteroatoms. The van der Waals surface area contributed by atoms with Crippen LogP contribution >= 0.6 is 0 Å². The fraction of sp³-hybridized carbons (Fsp3) is 0.667. The van der Waals surface area contributed by atoms with Crippen LogP contribution in [0.4, 0.5) is 4.79 Å². The summed E-state index contributed by atoms with van der Waals surface area (Å²) in [5, 5.41) is 3.05. The Balaban J connectivity index is 1.60. The van der Waals surface area contributed by atoms with Crippen molar-refractivity contribution in [2.75, 3.05) is 13.7 Å². The molecule has 3 amide bonds. The predicted octanol–water partition coefficient (Wildman–Crippen LogP) is 3.31. The highest BCUT2D eigenvalue weighted by Gasteiger charge is 2.53. The number of hydrogen-bond donors (Lipinski definition) is 2. The minimum atomic E-state index is -0.669. The molecule has 1 aliphatic carbocycles. The molecule has 2 aliphatic rings. The van der Waals surface area contributed by atoms with E-state index in [1.54, 1.807) is 0 Å². The zero-order valence-corrected chi connectivity index (χ0v) is 19.0. The first-order valence-electron chi connectivity index (χ1n) is 11.1. The quantitative estimate of drug-likeness (QED) is 0.745. The molecule has 0 bridgehead atoms. The summed E-state index contributed by atoms with van der Waals surface area (Å²) in [6.45, 7) is 12.4. The number of quaternary nitrogens is 1. The molecular weight excluding hydrogens is 362 g/mol. The number of nitrogens with zero attached hydrogens (tertiary/aromatic N) is 1. The lowest BCUT2D eigenvalue weighted by molar-refractivity contribution is -0.901. The summed E-state index contributed by atoms with van der Waals surface area (Å²) >= 11 is 0. The predicted molar refractivity (Wildman–Crippen MR) is 116 cm³/mol. The minimum Gasteiger partial charge on any atom is -0.323 e. The molecule has 2 N–H and O–H groups in total. The normalized spacial score (nSPS) is 26.3. The Labute approximate surface area is 175 Å². The Kier molecular flexibility index (Phi) is 6.09. The highest BCUT2D eigenvalue weighted by Crippen LogP contribution is 2.43. The molecule has 1 aromatic carbocycles. The number of carbonyl (C=O) groups is 2. The molecule has 1 atom stereocenters. The van der Waals surface area contributed by atoms with Gasteiger partial charge in [-0.3, -0.25) is 4.79 Å². The second kappa shape index (κ2) is 8.10. The van der Waals surface area contributed by atoms with Gasteiger partial charge in [-0.2, -0.15) is 0 Å². The van der Waals surface area contributed by atoms with E-state index >= 15 is 0 Å². The summed E-state index contributed by atoms with van der Waals surface area (Å²) < 4.78 is 0. The van der Waals surface area contributed by atoms with Gasteiger partial charge in [-0.05, 0) is 48.5 Å². The number of hydrogen-bond acceptors (Lipinski definition) is 2. The molecule has 3 rings (SSSR count). The van der Waals surface area contributed by atoms with Gasteiger partial charge in [0.25, 0.3) is 5.91 Å². The van der Waals surface area contributed by atoms with Crippen LogP contribution in [0.15, 0.2) is 24.3 Å². The van der Waals surface area contributed by atoms with Gasteiger partial charge in [0.1, 0.15) is 12.1 Å². The molecule has 1 saturated carbocycles. The molecule has 1 aromatic rings. The SMILES string of the molecule is CC(C)c1ccc(C[NH+](C)CN2C(=O)NC3(CCC(C(C)(C)C)CC3)C2=O)cc1. The second-order valence-electron chi connectivity index (χ2n) is 10.6. The Morgan fingerprint density at radius 3 is 2.24 bits per heavy atom. The van der Waals surface area contributed by atoms with E-state index in [0.29, 0.717) is 18.5 Å². The lowest BCUT2D eigenvalue weighted by Gasteiger charge is -2.40. The van der Waals surface area contributed by atoms with E-state index < -0.39 is 5.54 Å². The fourth-order valence-electron chi connectivity index (χ4n) is 4.83. The standard InChI is InChI=1S/C24H37N3O2/c1-17(2)19-9-7-18(8-10-19)15-26(6)16-27-21(28)24(25-22(27)29)13-11-20(12-14-24)23(3,4)5/h7-10,17,20H,11-16H2,1-6H3,(H,25,29)/p+1. The minimum absolute atomic E-state index is 0.0237. The van der Waals surface area contributed by atoms with Crippen LogP contribution in [-0.2, 0) is 11.3 Å². The largest absolute Gasteiger partial charge is 0.329 e. The van der Waals surface area contributed by atoms with Crippen molar-refractivity contribution in [1.29, 1.82) is 0 Å². The van der Waals surface area contributed by atoms with E-state index in [4.69, 9.17) is 0 Å². The topological polar surface area (TPSA) is 53.9 Å². The maximum absolute atomic E-state index is 13.2. The van der Waals surface area contributed by atoms with Crippen LogP contribution in [0.25, 0.3) is 0 Å². The lowest BCUT2D eigenvalue weighted by atomic mass is 9.67. The van der Waals surface area contributed by atoms with Crippen LogP contribution in [-0.4, -0.2) is 36.1 Å². The highest BCUT2D eigenvalue weighted by atomic mass is 16.2. The molecule has 1 saturated heterocycles. The molecule has 2 fully saturated rings. The third-order valence-electron chi connectivity index (χ3n) is 6.89. The van der Waals surface area contributed by atoms with E-state index in [-0.39, 0.29) is 17.4 Å². The molecule has 160 valence electrons. The van der Waals surface area contributed by atoms with Gasteiger partial charge in [0.05, 0.1) is 7.05 Å². The van der Waals surface area contributed by atoms with Crippen molar-refractivity contribution in [1.82, 2.24) is 10.2 Å². The first-order chi connectivity index (χ1) is 13.5. The number of benzene rings is 1. The van der Waals surface area contributed by atoms with E-state index in [1.165, 1.54) is 16.0 Å². The number of urea groups is 1. The van der Waals surface area contributed by atoms with Gasteiger partial charge in [0, 0.05) is 5.56 Å². The van der Waals surface area contributed by atoms with Gasteiger partial charge in [-0.15, -0.1) is 0 Å². The van der Waals surface area contributed by atoms with Crippen molar-refractivity contribution in [3.05, 3.63) is 35.4 Å². The summed E-state index contributed by atoms with van der Waals surface area (Å²) in [5.74, 6) is 1.10. The van der Waals surface area contributed by atoms with E-state index in [1.807, 2.05) is 7.05 Å². The van der Waals surface area contributed by atoms with E-state index in [9.17, 15) is 9.59 Å². The summed E-state index contributed by atoms with van der Waals surface area (Å²) in [6, 6.07) is 8.42. The van der Waals surface area contributed by atoms with Gasteiger partial charge in [-0.25, -0.2) is 9.69 Å². The second-order valence-corrected chi connectivity index (χ2v) is 10.6. The van der Waals surface area contributed by atoms with E-state index in [2.05, 4.69) is 64.2 Å². The molecule has 29 heavy (non-hydrogen) atoms. The Hall–Kier alpha value is -1.88. The van der Waals surface area contributed by atoms with Crippen LogP contribution in [0, 0.1) is 11.3 Å². The fourth-order valence-corrected chi connectivity index (χ4v) is 4.83. The number of carbonyl (C=O) groups excluding carboxylic acids is 2. The van der Waals surface area contributed by atoms with Crippen molar-refractivity contribution < 1.29 is 14.5 Å². The average molecular weight is 401 g/mol. The van der Waals surface area contributed by atoms with Gasteiger partial charge >= 0.3 is 6.03 Å². The maximum atomic E-state index is 13.2. The summed E-state index contributed by atoms with van der Waals surface area (Å²) in [7, 11) is 2.04. The Morgan fingerprint density at radius 1 is 1.14 bits per heavy atom. The van der Waals surface area contributed by atoms with Crippen molar-refractivity contribution in [3.63, 3.8) is 0 Å². The number of amides is 3. The van der Waals surface area contributed by atoms with Crippen molar-refractivity contribution in [2.24, 2.45) is 11.3 Å². The van der Waals surface area contributed by atoms with Crippen LogP contribution in [0.1, 0.15) is 77.3 Å². The molecular formula is C24H38N3O2+. The third-order valence-corrected chi connectivity index (χ3v) is 6.89. The van der Waals surface area contributed by atoms with Crippen molar-refractivity contribution >= 4 is 11.9 Å². The molecule has 1 unspecified atom stereocenters. The van der Waals surface area contributed by atoms with Crippen LogP contribution in [0.3, 0.4) is 0 Å². The molecule has 5 nitrogen and oxygen atoms in total. The van der Waals surface area contributed by atoms with E-state index in [0.717, 1.165) is 37.1 Å². The van der Waals surface area contributed by atoms with Crippen molar-refractivity contribution in [3.8, 4) is 0 Å². The van der Waals surface area contributed by atoms with Crippen molar-refractivity contribution in [2.45, 2.75) is 78.3 Å². The van der Waals surface area contributed by atoms with Gasteiger partial charge in [-0.1, -0.05) is 58.9 Å². The third kappa shape index (κ3) is 4.66. The van der Waals surface area contributed by atoms with Gasteiger partial charge in [0.2, 0.25) is 0 Å². The monoisotopic (exact) mass is 400 g/mol. The smallest absolute Gasteiger partial charge is 0.323 e. The zero-order chi connectivity index (χ0) is 21.4. The number of rotatable bonds is 5. The van der Waals surface area contributed by atoms with Gasteiger partial charge in [0.15, 0.2) is 6.67 Å².